The largest absolute Gasteiger partial charge is 0.344 e. The second-order valence-electron chi connectivity index (χ2n) is 9.59. The van der Waals surface area contributed by atoms with Gasteiger partial charge in [0.2, 0.25) is 11.8 Å². The fourth-order valence-corrected chi connectivity index (χ4v) is 5.15. The predicted molar refractivity (Wildman–Crippen MR) is 139 cm³/mol. The van der Waals surface area contributed by atoms with E-state index < -0.39 is 6.04 Å². The summed E-state index contributed by atoms with van der Waals surface area (Å²) in [6, 6.07) is 14.9. The third-order valence-corrected chi connectivity index (χ3v) is 7.47. The van der Waals surface area contributed by atoms with Gasteiger partial charge in [-0.05, 0) is 42.0 Å². The number of piperidine rings is 1. The number of imidazole rings is 1. The minimum Gasteiger partial charge on any atom is -0.344 e. The number of amides is 2. The molecule has 188 valence electrons. The molecule has 2 saturated heterocycles. The maximum Gasteiger partial charge on any atom is 0.323 e. The minimum atomic E-state index is -0.618. The Morgan fingerprint density at radius 2 is 1.78 bits per heavy atom. The lowest BCUT2D eigenvalue weighted by atomic mass is 9.85. The Morgan fingerprint density at radius 3 is 2.42 bits per heavy atom. The van der Waals surface area contributed by atoms with Crippen molar-refractivity contribution >= 4 is 23.4 Å². The molecular formula is C27H30ClN5O3. The maximum absolute atomic E-state index is 13.6. The van der Waals surface area contributed by atoms with E-state index in [9.17, 15) is 14.4 Å². The van der Waals surface area contributed by atoms with Gasteiger partial charge in [0.25, 0.3) is 0 Å². The van der Waals surface area contributed by atoms with Crippen molar-refractivity contribution in [3.63, 3.8) is 0 Å². The van der Waals surface area contributed by atoms with Crippen LogP contribution >= 0.6 is 11.6 Å². The van der Waals surface area contributed by atoms with Gasteiger partial charge in [-0.15, -0.1) is 0 Å². The molecule has 4 N–H and O–H groups in total. The number of rotatable bonds is 7. The van der Waals surface area contributed by atoms with Gasteiger partial charge in [0.15, 0.2) is 0 Å². The van der Waals surface area contributed by atoms with Crippen molar-refractivity contribution in [3.05, 3.63) is 81.4 Å². The molecule has 36 heavy (non-hydrogen) atoms. The third-order valence-electron chi connectivity index (χ3n) is 7.21. The Balaban J connectivity index is 1.28. The highest BCUT2D eigenvalue weighted by molar-refractivity contribution is 6.30. The summed E-state index contributed by atoms with van der Waals surface area (Å²) in [5, 5.41) is 6.76. The van der Waals surface area contributed by atoms with E-state index in [0.29, 0.717) is 37.6 Å². The molecule has 2 aromatic carbocycles. The van der Waals surface area contributed by atoms with Crippen LogP contribution in [0, 0.1) is 5.92 Å². The Hall–Kier alpha value is -3.36. The van der Waals surface area contributed by atoms with Crippen LogP contribution in [0.1, 0.15) is 29.9 Å². The van der Waals surface area contributed by atoms with E-state index in [1.54, 1.807) is 18.3 Å². The summed E-state index contributed by atoms with van der Waals surface area (Å²) in [5.41, 5.74) is 3.66. The van der Waals surface area contributed by atoms with Crippen LogP contribution in [0.5, 0.6) is 0 Å². The Bertz CT molecular complexity index is 1270. The van der Waals surface area contributed by atoms with Gasteiger partial charge >= 0.3 is 5.69 Å². The van der Waals surface area contributed by atoms with E-state index in [1.807, 2.05) is 35.2 Å². The molecule has 0 aliphatic carbocycles. The van der Waals surface area contributed by atoms with Gasteiger partial charge in [-0.25, -0.2) is 4.79 Å². The first-order valence-corrected chi connectivity index (χ1v) is 12.8. The Labute approximate surface area is 214 Å². The van der Waals surface area contributed by atoms with Gasteiger partial charge < -0.3 is 25.5 Å². The summed E-state index contributed by atoms with van der Waals surface area (Å²) in [6.07, 6.45) is 3.74. The van der Waals surface area contributed by atoms with Gasteiger partial charge in [-0.3, -0.25) is 9.59 Å². The smallest absolute Gasteiger partial charge is 0.323 e. The molecule has 2 aliphatic rings. The molecular weight excluding hydrogens is 478 g/mol. The molecule has 9 heteroatoms. The average molecular weight is 508 g/mol. The molecule has 0 unspecified atom stereocenters. The molecule has 0 saturated carbocycles. The molecule has 2 amide bonds. The van der Waals surface area contributed by atoms with E-state index in [4.69, 9.17) is 11.6 Å². The number of halogens is 1. The third kappa shape index (κ3) is 5.39. The number of hydrogen-bond acceptors (Lipinski definition) is 4. The van der Waals surface area contributed by atoms with Gasteiger partial charge in [0.1, 0.15) is 6.04 Å². The summed E-state index contributed by atoms with van der Waals surface area (Å²) < 4.78 is 0. The fourth-order valence-electron chi connectivity index (χ4n) is 5.03. The van der Waals surface area contributed by atoms with Gasteiger partial charge in [-0.2, -0.15) is 0 Å². The summed E-state index contributed by atoms with van der Waals surface area (Å²) in [6.45, 7) is 2.51. The molecule has 3 aromatic rings. The number of carbonyl (C=O) groups is 2. The normalized spacial score (nSPS) is 17.4. The van der Waals surface area contributed by atoms with Gasteiger partial charge in [-0.1, -0.05) is 48.0 Å². The van der Waals surface area contributed by atoms with Crippen molar-refractivity contribution in [2.45, 2.75) is 31.2 Å². The second kappa shape index (κ2) is 10.7. The van der Waals surface area contributed by atoms with Gasteiger partial charge in [0.05, 0.1) is 11.6 Å². The van der Waals surface area contributed by atoms with E-state index >= 15 is 0 Å². The van der Waals surface area contributed by atoms with Crippen LogP contribution in [-0.2, 0) is 16.0 Å². The fraction of sp³-hybridized carbons (Fsp3) is 0.370. The SMILES string of the molecule is O=C(N[C@H](Cc1ccc(Cl)cc1)C(=O)N1CCC(c2ccccc2-c2c[nH]c(=O)[nH]2)CC1)C1CNC1. The number of hydrogen-bond donors (Lipinski definition) is 4. The van der Waals surface area contributed by atoms with Gasteiger partial charge in [0, 0.05) is 49.4 Å². The van der Waals surface area contributed by atoms with Crippen LogP contribution in [0.2, 0.25) is 5.02 Å². The summed E-state index contributed by atoms with van der Waals surface area (Å²) in [7, 11) is 0. The van der Waals surface area contributed by atoms with Crippen molar-refractivity contribution in [1.29, 1.82) is 0 Å². The summed E-state index contributed by atoms with van der Waals surface area (Å²) in [5.74, 6) is 0.0549. The molecule has 0 spiro atoms. The molecule has 1 aromatic heterocycles. The highest BCUT2D eigenvalue weighted by atomic mass is 35.5. The van der Waals surface area contributed by atoms with Crippen LogP contribution in [-0.4, -0.2) is 58.9 Å². The lowest BCUT2D eigenvalue weighted by Gasteiger charge is -2.36. The van der Waals surface area contributed by atoms with Crippen molar-refractivity contribution in [2.24, 2.45) is 5.92 Å². The maximum atomic E-state index is 13.6. The quantitative estimate of drug-likeness (QED) is 0.394. The van der Waals surface area contributed by atoms with E-state index in [-0.39, 0.29) is 29.3 Å². The number of aromatic amines is 2. The second-order valence-corrected chi connectivity index (χ2v) is 10.0. The van der Waals surface area contributed by atoms with Crippen molar-refractivity contribution in [1.82, 2.24) is 25.5 Å². The molecule has 2 aliphatic heterocycles. The zero-order chi connectivity index (χ0) is 25.1. The Kier molecular flexibility index (Phi) is 7.25. The molecule has 0 radical (unpaired) electrons. The van der Waals surface area contributed by atoms with Crippen LogP contribution in [0.15, 0.2) is 59.5 Å². The molecule has 2 fully saturated rings. The molecule has 0 bridgehead atoms. The van der Waals surface area contributed by atoms with Crippen LogP contribution in [0.25, 0.3) is 11.3 Å². The minimum absolute atomic E-state index is 0.0488. The molecule has 3 heterocycles. The topological polar surface area (TPSA) is 110 Å². The molecule has 5 rings (SSSR count). The number of nitrogens with one attached hydrogen (secondary N) is 4. The van der Waals surface area contributed by atoms with Crippen molar-refractivity contribution < 1.29 is 9.59 Å². The van der Waals surface area contributed by atoms with Crippen LogP contribution in [0.3, 0.4) is 0 Å². The number of likely N-dealkylation sites (tertiary alicyclic amines) is 1. The predicted octanol–water partition coefficient (Wildman–Crippen LogP) is 2.68. The number of aromatic nitrogens is 2. The highest BCUT2D eigenvalue weighted by Gasteiger charge is 2.33. The van der Waals surface area contributed by atoms with E-state index in [1.165, 1.54) is 5.56 Å². The zero-order valence-corrected chi connectivity index (χ0v) is 20.7. The standard InChI is InChI=1S/C27H30ClN5O3/c28-20-7-5-17(6-8-20)13-23(31-25(34)19-14-29-15-19)26(35)33-11-9-18(10-12-33)21-3-1-2-4-22(21)24-16-30-27(36)32-24/h1-8,16,18-19,23,29H,9-15H2,(H,31,34)(H2,30,32,36)/t23-/m1/s1. The lowest BCUT2D eigenvalue weighted by Crippen LogP contribution is -2.57. The molecule has 8 nitrogen and oxygen atoms in total. The Morgan fingerprint density at radius 1 is 1.06 bits per heavy atom. The average Bonchev–Trinajstić information content (AvgIpc) is 3.29. The van der Waals surface area contributed by atoms with E-state index in [0.717, 1.165) is 29.7 Å². The number of carbonyl (C=O) groups excluding carboxylic acids is 2. The van der Waals surface area contributed by atoms with Crippen LogP contribution in [0.4, 0.5) is 0 Å². The number of H-pyrrole nitrogens is 2. The van der Waals surface area contributed by atoms with Crippen molar-refractivity contribution in [3.8, 4) is 11.3 Å². The van der Waals surface area contributed by atoms with Crippen molar-refractivity contribution in [2.75, 3.05) is 26.2 Å². The molecule has 1 atom stereocenters. The first-order chi connectivity index (χ1) is 17.5. The zero-order valence-electron chi connectivity index (χ0n) is 19.9. The monoisotopic (exact) mass is 507 g/mol. The number of nitrogens with zero attached hydrogens (tertiary/aromatic N) is 1. The van der Waals surface area contributed by atoms with Crippen LogP contribution < -0.4 is 16.3 Å². The van der Waals surface area contributed by atoms with E-state index in [2.05, 4.69) is 26.7 Å². The lowest BCUT2D eigenvalue weighted by molar-refractivity contribution is -0.138. The summed E-state index contributed by atoms with van der Waals surface area (Å²) in [4.78, 5) is 45.3. The summed E-state index contributed by atoms with van der Waals surface area (Å²) >= 11 is 6.03. The number of benzene rings is 2. The first-order valence-electron chi connectivity index (χ1n) is 12.4. The first kappa shape index (κ1) is 24.3. The highest BCUT2D eigenvalue weighted by Crippen LogP contribution is 2.34.